The van der Waals surface area contributed by atoms with Gasteiger partial charge < -0.3 is 19.0 Å². The molecular formula is C42H30N4O. The van der Waals surface area contributed by atoms with E-state index in [9.17, 15) is 5.26 Å². The molecular weight excluding hydrogens is 576 g/mol. The number of nitrogens with zero attached hydrogens (tertiary/aromatic N) is 3. The number of hydrogen-bond donors (Lipinski definition) is 1. The van der Waals surface area contributed by atoms with Gasteiger partial charge in [0.1, 0.15) is 17.2 Å². The number of rotatable bonds is 3. The van der Waals surface area contributed by atoms with Crippen LogP contribution in [0, 0.1) is 16.7 Å². The summed E-state index contributed by atoms with van der Waals surface area (Å²) in [6.45, 7) is 6.67. The van der Waals surface area contributed by atoms with Gasteiger partial charge in [0, 0.05) is 38.7 Å². The predicted octanol–water partition coefficient (Wildman–Crippen LogP) is 10.9. The summed E-state index contributed by atoms with van der Waals surface area (Å²) < 4.78 is 10.9. The zero-order chi connectivity index (χ0) is 32.0. The Morgan fingerprint density at radius 2 is 1.23 bits per heavy atom. The van der Waals surface area contributed by atoms with Gasteiger partial charge in [-0.1, -0.05) is 81.4 Å². The molecule has 0 atom stereocenters. The van der Waals surface area contributed by atoms with Crippen LogP contribution in [0.1, 0.15) is 37.5 Å². The van der Waals surface area contributed by atoms with Crippen LogP contribution >= 0.6 is 0 Å². The molecule has 0 aliphatic heterocycles. The van der Waals surface area contributed by atoms with Gasteiger partial charge in [0.2, 0.25) is 0 Å². The first-order valence-corrected chi connectivity index (χ1v) is 15.8. The summed E-state index contributed by atoms with van der Waals surface area (Å²) in [5.74, 6) is 0. The largest absolute Gasteiger partial charge is 0.455 e. The second kappa shape index (κ2) is 9.69. The highest BCUT2D eigenvalue weighted by atomic mass is 16.3. The molecule has 0 amide bonds. The molecule has 0 unspecified atom stereocenters. The minimum absolute atomic E-state index is 0.0560. The molecule has 3 aromatic heterocycles. The molecule has 0 spiro atoms. The van der Waals surface area contributed by atoms with Gasteiger partial charge in [-0.2, -0.15) is 5.26 Å². The highest BCUT2D eigenvalue weighted by molar-refractivity contribution is 6.24. The highest BCUT2D eigenvalue weighted by Crippen LogP contribution is 2.43. The maximum absolute atomic E-state index is 10.8. The van der Waals surface area contributed by atoms with E-state index < -0.39 is 0 Å². The van der Waals surface area contributed by atoms with Gasteiger partial charge in [-0.05, 0) is 65.6 Å². The van der Waals surface area contributed by atoms with Crippen LogP contribution in [-0.4, -0.2) is 15.3 Å². The Morgan fingerprint density at radius 3 is 1.91 bits per heavy atom. The summed E-state index contributed by atoms with van der Waals surface area (Å²) in [7, 11) is 0. The van der Waals surface area contributed by atoms with Crippen LogP contribution in [0.4, 0.5) is 0 Å². The molecule has 0 saturated carbocycles. The Hall–Kier alpha value is -6.12. The van der Waals surface area contributed by atoms with Crippen LogP contribution in [0.15, 0.2) is 120 Å². The van der Waals surface area contributed by atoms with Crippen LogP contribution in [-0.2, 0) is 5.41 Å². The van der Waals surface area contributed by atoms with Gasteiger partial charge >= 0.3 is 0 Å². The van der Waals surface area contributed by atoms with Gasteiger partial charge in [0.25, 0.3) is 0 Å². The molecule has 3 heterocycles. The number of fused-ring (bicyclic) bond motifs is 10. The van der Waals surface area contributed by atoms with Crippen molar-refractivity contribution in [3.63, 3.8) is 0 Å². The molecule has 0 fully saturated rings. The molecule has 0 aliphatic rings. The second-order valence-electron chi connectivity index (χ2n) is 13.3. The van der Waals surface area contributed by atoms with E-state index in [1.54, 1.807) is 0 Å². The van der Waals surface area contributed by atoms with Crippen LogP contribution in [0.2, 0.25) is 0 Å². The summed E-state index contributed by atoms with van der Waals surface area (Å²) in [6, 6.07) is 42.3. The summed E-state index contributed by atoms with van der Waals surface area (Å²) >= 11 is 0. The summed E-state index contributed by atoms with van der Waals surface area (Å²) in [6.07, 6.45) is 1.32. The van der Waals surface area contributed by atoms with Crippen molar-refractivity contribution < 1.29 is 4.42 Å². The van der Waals surface area contributed by atoms with Crippen LogP contribution in [0.25, 0.3) is 76.9 Å². The van der Waals surface area contributed by atoms with E-state index in [-0.39, 0.29) is 5.41 Å². The quantitative estimate of drug-likeness (QED) is 0.203. The molecule has 47 heavy (non-hydrogen) atoms. The standard InChI is InChI=1S/C42H30N4O/c1-42(2,3)25-16-18-35-30(22-25)40-38(19-17-29-28-12-6-9-15-39(28)47-41(29)40)46(35)37-21-20-36(31(23-43)32(37)24-44)45-33-13-7-4-10-26(33)27-11-5-8-14-34(27)45/h4-23,43H,1-3H3. The summed E-state index contributed by atoms with van der Waals surface area (Å²) in [4.78, 5) is 0. The van der Waals surface area contributed by atoms with Crippen molar-refractivity contribution in [2.24, 2.45) is 0 Å². The first-order valence-electron chi connectivity index (χ1n) is 15.8. The van der Waals surface area contributed by atoms with Gasteiger partial charge in [-0.3, -0.25) is 0 Å². The Bertz CT molecular complexity index is 2760. The lowest BCUT2D eigenvalue weighted by Crippen LogP contribution is -2.10. The van der Waals surface area contributed by atoms with Crippen LogP contribution in [0.5, 0.6) is 0 Å². The van der Waals surface area contributed by atoms with Crippen molar-refractivity contribution in [2.45, 2.75) is 26.2 Å². The van der Waals surface area contributed by atoms with Crippen molar-refractivity contribution in [1.82, 2.24) is 9.13 Å². The Kier molecular flexibility index (Phi) is 5.61. The number of nitriles is 1. The topological polar surface area (TPSA) is 70.6 Å². The maximum atomic E-state index is 10.8. The van der Waals surface area contributed by atoms with Crippen LogP contribution < -0.4 is 0 Å². The van der Waals surface area contributed by atoms with E-state index in [1.807, 2.05) is 48.5 Å². The molecule has 0 radical (unpaired) electrons. The van der Waals surface area contributed by atoms with Gasteiger partial charge in [0.15, 0.2) is 0 Å². The van der Waals surface area contributed by atoms with E-state index in [0.717, 1.165) is 76.9 Å². The lowest BCUT2D eigenvalue weighted by Gasteiger charge is -2.19. The average molecular weight is 607 g/mol. The number of aromatic nitrogens is 2. The van der Waals surface area contributed by atoms with Gasteiger partial charge in [-0.15, -0.1) is 0 Å². The van der Waals surface area contributed by atoms with Crippen molar-refractivity contribution in [3.8, 4) is 17.4 Å². The number of furan rings is 1. The predicted molar refractivity (Wildman–Crippen MR) is 194 cm³/mol. The van der Waals surface area contributed by atoms with Gasteiger partial charge in [-0.25, -0.2) is 0 Å². The SMILES string of the molecule is CC(C)(C)c1ccc2c(c1)c1c3oc4ccccc4c3ccc1n2-c1ccc(-n2c3ccccc3c3ccccc32)c(C=N)c1C#N. The maximum Gasteiger partial charge on any atom is 0.145 e. The van der Waals surface area contributed by atoms with Gasteiger partial charge in [0.05, 0.1) is 44.4 Å². The lowest BCUT2D eigenvalue weighted by molar-refractivity contribution is 0.591. The first kappa shape index (κ1) is 27.2. The molecule has 224 valence electrons. The van der Waals surface area contributed by atoms with Crippen molar-refractivity contribution >= 4 is 71.8 Å². The minimum Gasteiger partial charge on any atom is -0.455 e. The molecule has 5 heteroatoms. The minimum atomic E-state index is -0.0560. The normalized spacial score (nSPS) is 12.2. The Morgan fingerprint density at radius 1 is 0.638 bits per heavy atom. The Labute approximate surface area is 271 Å². The highest BCUT2D eigenvalue weighted by Gasteiger charge is 2.25. The third-order valence-electron chi connectivity index (χ3n) is 9.66. The fourth-order valence-corrected chi connectivity index (χ4v) is 7.44. The van der Waals surface area contributed by atoms with E-state index in [0.29, 0.717) is 11.1 Å². The molecule has 6 aromatic carbocycles. The third kappa shape index (κ3) is 3.73. The summed E-state index contributed by atoms with van der Waals surface area (Å²) in [5, 5.41) is 26.0. The van der Waals surface area contributed by atoms with E-state index >= 15 is 0 Å². The molecule has 0 saturated heterocycles. The molecule has 9 rings (SSSR count). The molecule has 5 nitrogen and oxygen atoms in total. The molecule has 1 N–H and O–H groups in total. The average Bonchev–Trinajstić information content (AvgIpc) is 3.74. The van der Waals surface area contributed by atoms with E-state index in [1.165, 1.54) is 11.8 Å². The molecule has 0 aliphatic carbocycles. The zero-order valence-electron chi connectivity index (χ0n) is 26.3. The fourth-order valence-electron chi connectivity index (χ4n) is 7.44. The second-order valence-corrected chi connectivity index (χ2v) is 13.3. The number of para-hydroxylation sites is 3. The van der Waals surface area contributed by atoms with Crippen molar-refractivity contribution in [1.29, 1.82) is 10.7 Å². The smallest absolute Gasteiger partial charge is 0.145 e. The number of benzene rings is 6. The summed E-state index contributed by atoms with van der Waals surface area (Å²) in [5.41, 5.74) is 9.41. The third-order valence-corrected chi connectivity index (χ3v) is 9.66. The lowest BCUT2D eigenvalue weighted by atomic mass is 9.86. The Balaban J connectivity index is 1.40. The van der Waals surface area contributed by atoms with Crippen LogP contribution in [0.3, 0.4) is 0 Å². The van der Waals surface area contributed by atoms with E-state index in [4.69, 9.17) is 9.83 Å². The van der Waals surface area contributed by atoms with Crippen molar-refractivity contribution in [2.75, 3.05) is 0 Å². The van der Waals surface area contributed by atoms with Crippen molar-refractivity contribution in [3.05, 3.63) is 132 Å². The number of hydrogen-bond acceptors (Lipinski definition) is 3. The molecule has 9 aromatic rings. The monoisotopic (exact) mass is 606 g/mol. The fraction of sp³-hybridized carbons (Fsp3) is 0.0952. The zero-order valence-corrected chi connectivity index (χ0v) is 26.3. The number of nitrogens with one attached hydrogen (secondary N) is 1. The van der Waals surface area contributed by atoms with E-state index in [2.05, 4.69) is 103 Å². The molecule has 0 bridgehead atoms. The first-order chi connectivity index (χ1) is 22.9.